The highest BCUT2D eigenvalue weighted by atomic mass is 15.2. The second-order valence-corrected chi connectivity index (χ2v) is 6.15. The highest BCUT2D eigenvalue weighted by Gasteiger charge is 2.34. The van der Waals surface area contributed by atoms with Crippen LogP contribution in [0.1, 0.15) is 30.4 Å². The summed E-state index contributed by atoms with van der Waals surface area (Å²) >= 11 is 0. The van der Waals surface area contributed by atoms with E-state index < -0.39 is 0 Å². The van der Waals surface area contributed by atoms with Crippen LogP contribution in [-0.4, -0.2) is 25.7 Å². The standard InChI is InChI=1S/C16H22N2/c1-2-12-6-7-15(10-14(12)3-1)18-9-8-17-16(11-18)13-4-5-13/h6-7,10,13,16-17H,1-5,8-9,11H2. The number of hydrogen-bond donors (Lipinski definition) is 1. The third-order valence-electron chi connectivity index (χ3n) is 4.84. The number of rotatable bonds is 2. The third-order valence-corrected chi connectivity index (χ3v) is 4.84. The molecule has 1 aromatic carbocycles. The molecular formula is C16H22N2. The molecule has 0 spiro atoms. The summed E-state index contributed by atoms with van der Waals surface area (Å²) < 4.78 is 0. The van der Waals surface area contributed by atoms with Crippen LogP contribution < -0.4 is 10.2 Å². The lowest BCUT2D eigenvalue weighted by atomic mass is 10.1. The average Bonchev–Trinajstić information content (AvgIpc) is 3.17. The molecule has 2 fully saturated rings. The molecule has 0 aromatic heterocycles. The van der Waals surface area contributed by atoms with Crippen molar-refractivity contribution in [2.75, 3.05) is 24.5 Å². The summed E-state index contributed by atoms with van der Waals surface area (Å²) in [6.07, 6.45) is 6.82. The third kappa shape index (κ3) is 1.93. The molecule has 3 aliphatic rings. The molecule has 1 aliphatic heterocycles. The maximum absolute atomic E-state index is 3.69. The van der Waals surface area contributed by atoms with E-state index in [2.05, 4.69) is 28.4 Å². The molecule has 18 heavy (non-hydrogen) atoms. The van der Waals surface area contributed by atoms with Crippen molar-refractivity contribution in [2.24, 2.45) is 5.92 Å². The van der Waals surface area contributed by atoms with E-state index in [4.69, 9.17) is 0 Å². The van der Waals surface area contributed by atoms with Crippen molar-refractivity contribution in [2.45, 2.75) is 38.1 Å². The van der Waals surface area contributed by atoms with Crippen molar-refractivity contribution in [3.8, 4) is 0 Å². The van der Waals surface area contributed by atoms with Gasteiger partial charge in [0.2, 0.25) is 0 Å². The minimum atomic E-state index is 0.743. The molecule has 2 aliphatic carbocycles. The zero-order chi connectivity index (χ0) is 11.9. The fraction of sp³-hybridized carbons (Fsp3) is 0.625. The first kappa shape index (κ1) is 10.9. The van der Waals surface area contributed by atoms with Gasteiger partial charge in [-0.2, -0.15) is 0 Å². The van der Waals surface area contributed by atoms with Gasteiger partial charge in [0.05, 0.1) is 0 Å². The first-order valence-electron chi connectivity index (χ1n) is 7.50. The van der Waals surface area contributed by atoms with E-state index in [0.717, 1.165) is 18.5 Å². The molecule has 1 N–H and O–H groups in total. The van der Waals surface area contributed by atoms with Crippen LogP contribution >= 0.6 is 0 Å². The minimum Gasteiger partial charge on any atom is -0.369 e. The zero-order valence-electron chi connectivity index (χ0n) is 11.0. The number of fused-ring (bicyclic) bond motifs is 1. The van der Waals surface area contributed by atoms with Gasteiger partial charge in [-0.25, -0.2) is 0 Å². The molecule has 1 aromatic rings. The van der Waals surface area contributed by atoms with Crippen LogP contribution in [0.5, 0.6) is 0 Å². The topological polar surface area (TPSA) is 15.3 Å². The lowest BCUT2D eigenvalue weighted by Crippen LogP contribution is -2.51. The van der Waals surface area contributed by atoms with Crippen molar-refractivity contribution in [3.63, 3.8) is 0 Å². The average molecular weight is 242 g/mol. The number of nitrogens with one attached hydrogen (secondary N) is 1. The van der Waals surface area contributed by atoms with E-state index in [0.29, 0.717) is 0 Å². The fourth-order valence-electron chi connectivity index (χ4n) is 3.58. The number of hydrogen-bond acceptors (Lipinski definition) is 2. The summed E-state index contributed by atoms with van der Waals surface area (Å²) in [4.78, 5) is 2.60. The van der Waals surface area contributed by atoms with Gasteiger partial charge in [-0.15, -0.1) is 0 Å². The normalized spacial score (nSPS) is 27.3. The lowest BCUT2D eigenvalue weighted by Gasteiger charge is -2.35. The Labute approximate surface area is 109 Å². The Morgan fingerprint density at radius 2 is 2.00 bits per heavy atom. The molecule has 0 bridgehead atoms. The van der Waals surface area contributed by atoms with Crippen LogP contribution in [0.3, 0.4) is 0 Å². The molecular weight excluding hydrogens is 220 g/mol. The highest BCUT2D eigenvalue weighted by molar-refractivity contribution is 5.52. The molecule has 1 heterocycles. The van der Waals surface area contributed by atoms with Crippen LogP contribution in [0.15, 0.2) is 18.2 Å². The first-order chi connectivity index (χ1) is 8.90. The Bertz CT molecular complexity index is 450. The Balaban J connectivity index is 1.54. The van der Waals surface area contributed by atoms with E-state index in [1.807, 2.05) is 0 Å². The maximum atomic E-state index is 3.69. The van der Waals surface area contributed by atoms with Crippen molar-refractivity contribution in [1.29, 1.82) is 0 Å². The zero-order valence-corrected chi connectivity index (χ0v) is 11.0. The number of piperazine rings is 1. The summed E-state index contributed by atoms with van der Waals surface area (Å²) in [5.41, 5.74) is 4.66. The van der Waals surface area contributed by atoms with Gasteiger partial charge >= 0.3 is 0 Å². The fourth-order valence-corrected chi connectivity index (χ4v) is 3.58. The molecule has 2 heteroatoms. The Kier molecular flexibility index (Phi) is 2.58. The summed E-state index contributed by atoms with van der Waals surface area (Å²) in [5, 5.41) is 3.69. The van der Waals surface area contributed by atoms with Crippen LogP contribution in [0.4, 0.5) is 5.69 Å². The van der Waals surface area contributed by atoms with Gasteiger partial charge in [-0.1, -0.05) is 6.07 Å². The smallest absolute Gasteiger partial charge is 0.0370 e. The molecule has 1 saturated carbocycles. The Morgan fingerprint density at radius 3 is 2.89 bits per heavy atom. The van der Waals surface area contributed by atoms with E-state index in [-0.39, 0.29) is 0 Å². The molecule has 4 rings (SSSR count). The molecule has 1 atom stereocenters. The maximum Gasteiger partial charge on any atom is 0.0370 e. The monoisotopic (exact) mass is 242 g/mol. The van der Waals surface area contributed by atoms with Crippen LogP contribution in [0.25, 0.3) is 0 Å². The second kappa shape index (κ2) is 4.27. The lowest BCUT2D eigenvalue weighted by molar-refractivity contribution is 0.419. The SMILES string of the molecule is c1cc2c(cc1N1CCNC(C3CC3)C1)CCC2. The van der Waals surface area contributed by atoms with Gasteiger partial charge in [-0.3, -0.25) is 0 Å². The predicted octanol–water partition coefficient (Wildman–Crippen LogP) is 2.36. The largest absolute Gasteiger partial charge is 0.369 e. The van der Waals surface area contributed by atoms with E-state index in [1.54, 1.807) is 11.1 Å². The van der Waals surface area contributed by atoms with E-state index >= 15 is 0 Å². The van der Waals surface area contributed by atoms with Crippen molar-refractivity contribution < 1.29 is 0 Å². The van der Waals surface area contributed by atoms with Gasteiger partial charge in [0, 0.05) is 31.4 Å². The summed E-state index contributed by atoms with van der Waals surface area (Å²) in [5.74, 6) is 0.960. The molecule has 1 saturated heterocycles. The summed E-state index contributed by atoms with van der Waals surface area (Å²) in [6.45, 7) is 3.53. The number of benzene rings is 1. The quantitative estimate of drug-likeness (QED) is 0.856. The highest BCUT2D eigenvalue weighted by Crippen LogP contribution is 2.35. The van der Waals surface area contributed by atoms with Gasteiger partial charge in [0.15, 0.2) is 0 Å². The van der Waals surface area contributed by atoms with Gasteiger partial charge in [0.25, 0.3) is 0 Å². The summed E-state index contributed by atoms with van der Waals surface area (Å²) in [6, 6.07) is 7.91. The van der Waals surface area contributed by atoms with Gasteiger partial charge in [-0.05, 0) is 61.3 Å². The van der Waals surface area contributed by atoms with Crippen molar-refractivity contribution >= 4 is 5.69 Å². The molecule has 0 amide bonds. The van der Waals surface area contributed by atoms with Crippen LogP contribution in [0, 0.1) is 5.92 Å². The number of aryl methyl sites for hydroxylation is 2. The van der Waals surface area contributed by atoms with Crippen molar-refractivity contribution in [1.82, 2.24) is 5.32 Å². The second-order valence-electron chi connectivity index (χ2n) is 6.15. The predicted molar refractivity (Wildman–Crippen MR) is 75.2 cm³/mol. The molecule has 2 nitrogen and oxygen atoms in total. The van der Waals surface area contributed by atoms with Crippen molar-refractivity contribution in [3.05, 3.63) is 29.3 Å². The van der Waals surface area contributed by atoms with Crippen LogP contribution in [-0.2, 0) is 12.8 Å². The van der Waals surface area contributed by atoms with E-state index in [1.165, 1.54) is 50.9 Å². The first-order valence-corrected chi connectivity index (χ1v) is 7.50. The number of anilines is 1. The minimum absolute atomic E-state index is 0.743. The van der Waals surface area contributed by atoms with Gasteiger partial charge in [0.1, 0.15) is 0 Å². The van der Waals surface area contributed by atoms with Crippen LogP contribution in [0.2, 0.25) is 0 Å². The van der Waals surface area contributed by atoms with Gasteiger partial charge < -0.3 is 10.2 Å². The van der Waals surface area contributed by atoms with E-state index in [9.17, 15) is 0 Å². The Hall–Kier alpha value is -1.02. The Morgan fingerprint density at radius 1 is 1.11 bits per heavy atom. The molecule has 1 unspecified atom stereocenters. The molecule has 96 valence electrons. The summed E-state index contributed by atoms with van der Waals surface area (Å²) in [7, 11) is 0. The molecule has 0 radical (unpaired) electrons. The number of nitrogens with zero attached hydrogens (tertiary/aromatic N) is 1.